The fourth-order valence-electron chi connectivity index (χ4n) is 7.39. The predicted molar refractivity (Wildman–Crippen MR) is 79.3 cm³/mol. The van der Waals surface area contributed by atoms with E-state index in [1.807, 2.05) is 0 Å². The van der Waals surface area contributed by atoms with Gasteiger partial charge in [-0.15, -0.1) is 23.5 Å². The fourth-order valence-corrected chi connectivity index (χ4v) is 13.1. The lowest BCUT2D eigenvalue weighted by atomic mass is 9.06. The van der Waals surface area contributed by atoms with Crippen LogP contribution >= 0.6 is 39.5 Å². The summed E-state index contributed by atoms with van der Waals surface area (Å²) in [6.07, 6.45) is 1.33. The molecular formula is C14H15BrO2S2. The highest BCUT2D eigenvalue weighted by Gasteiger charge is 3.04. The van der Waals surface area contributed by atoms with Gasteiger partial charge in [0.2, 0.25) is 0 Å². The molecule has 0 aromatic rings. The van der Waals surface area contributed by atoms with E-state index in [0.717, 1.165) is 17.8 Å². The average Bonchev–Trinajstić information content (AvgIpc) is 2.86. The number of methoxy groups -OCH3 is 1. The van der Waals surface area contributed by atoms with E-state index in [-0.39, 0.29) is 11.4 Å². The molecule has 0 radical (unpaired) electrons. The molecule has 19 heavy (non-hydrogen) atoms. The van der Waals surface area contributed by atoms with Gasteiger partial charge in [0.1, 0.15) is 0 Å². The summed E-state index contributed by atoms with van der Waals surface area (Å²) in [7, 11) is 1.57. The minimum atomic E-state index is 0.00156. The molecule has 6 saturated carbocycles. The van der Waals surface area contributed by atoms with Crippen LogP contribution in [-0.2, 0) is 9.53 Å². The Morgan fingerprint density at radius 3 is 2.37 bits per heavy atom. The lowest BCUT2D eigenvalue weighted by molar-refractivity contribution is -0.487. The molecule has 7 aliphatic rings. The van der Waals surface area contributed by atoms with Crippen LogP contribution in [0.15, 0.2) is 0 Å². The van der Waals surface area contributed by atoms with Gasteiger partial charge in [-0.1, -0.05) is 15.9 Å². The zero-order valence-electron chi connectivity index (χ0n) is 10.6. The van der Waals surface area contributed by atoms with Crippen LogP contribution in [0.3, 0.4) is 0 Å². The second kappa shape index (κ2) is 2.79. The molecule has 4 unspecified atom stereocenters. The summed E-state index contributed by atoms with van der Waals surface area (Å²) in [5.74, 6) is 7.11. The number of rotatable bonds is 1. The molecule has 7 fully saturated rings. The van der Waals surface area contributed by atoms with Crippen LogP contribution in [-0.4, -0.2) is 33.0 Å². The van der Waals surface area contributed by atoms with Crippen LogP contribution < -0.4 is 0 Å². The molecule has 4 atom stereocenters. The van der Waals surface area contributed by atoms with E-state index in [1.54, 1.807) is 7.11 Å². The minimum absolute atomic E-state index is 0.00156. The van der Waals surface area contributed by atoms with Gasteiger partial charge >= 0.3 is 5.97 Å². The van der Waals surface area contributed by atoms with Crippen molar-refractivity contribution in [3.05, 3.63) is 0 Å². The molecule has 1 saturated heterocycles. The molecule has 0 N–H and O–H groups in total. The second-order valence-corrected chi connectivity index (χ2v) is 11.5. The van der Waals surface area contributed by atoms with Crippen LogP contribution in [0.25, 0.3) is 0 Å². The van der Waals surface area contributed by atoms with Crippen molar-refractivity contribution < 1.29 is 9.53 Å². The Hall–Kier alpha value is 0.650. The van der Waals surface area contributed by atoms with Gasteiger partial charge in [-0.3, -0.25) is 4.79 Å². The molecule has 102 valence electrons. The summed E-state index contributed by atoms with van der Waals surface area (Å²) in [5, 5.41) is 0. The molecule has 2 nitrogen and oxygen atoms in total. The van der Waals surface area contributed by atoms with Gasteiger partial charge in [0.05, 0.1) is 20.9 Å². The summed E-state index contributed by atoms with van der Waals surface area (Å²) in [6, 6.07) is 0. The number of carbonyl (C=O) groups excluding carboxylic acids is 1. The standard InChI is InChI=1S/C14H15BrO2S2/c1-17-11(16)13-6-5-4-12(18-2-3-19-12)14(15)9(6)8(13)10(14)7(5)13/h5-10H,2-4H2,1H3. The first kappa shape index (κ1) is 11.2. The maximum Gasteiger partial charge on any atom is 0.312 e. The van der Waals surface area contributed by atoms with E-state index < -0.39 is 0 Å². The number of carbonyl (C=O) groups is 1. The molecule has 1 aliphatic heterocycles. The first-order chi connectivity index (χ1) is 9.14. The summed E-state index contributed by atoms with van der Waals surface area (Å²) in [4.78, 5) is 12.2. The van der Waals surface area contributed by atoms with Crippen molar-refractivity contribution in [1.29, 1.82) is 0 Å². The number of esters is 1. The number of hydrogen-bond donors (Lipinski definition) is 0. The SMILES string of the molecule is COC(=O)C12C3C4CC5(SCCS5)C5(Br)C3C1C5C42. The molecule has 0 amide bonds. The summed E-state index contributed by atoms with van der Waals surface area (Å²) in [6.45, 7) is 0. The Morgan fingerprint density at radius 2 is 1.79 bits per heavy atom. The quantitative estimate of drug-likeness (QED) is 0.531. The van der Waals surface area contributed by atoms with Gasteiger partial charge in [-0.05, 0) is 41.9 Å². The zero-order chi connectivity index (χ0) is 12.8. The molecular weight excluding hydrogens is 344 g/mol. The van der Waals surface area contributed by atoms with Crippen molar-refractivity contribution in [2.24, 2.45) is 40.9 Å². The highest BCUT2D eigenvalue weighted by molar-refractivity contribution is 9.10. The first-order valence-electron chi connectivity index (χ1n) is 7.20. The average molecular weight is 359 g/mol. The van der Waals surface area contributed by atoms with Gasteiger partial charge in [0, 0.05) is 11.5 Å². The van der Waals surface area contributed by atoms with Gasteiger partial charge in [0.25, 0.3) is 0 Å². The van der Waals surface area contributed by atoms with Gasteiger partial charge < -0.3 is 4.74 Å². The van der Waals surface area contributed by atoms with Crippen molar-refractivity contribution in [2.75, 3.05) is 18.6 Å². The van der Waals surface area contributed by atoms with Crippen molar-refractivity contribution in [3.63, 3.8) is 0 Å². The fraction of sp³-hybridized carbons (Fsp3) is 0.929. The van der Waals surface area contributed by atoms with Crippen LogP contribution in [0.5, 0.6) is 0 Å². The Kier molecular flexibility index (Phi) is 1.65. The lowest BCUT2D eigenvalue weighted by Crippen LogP contribution is -3.04. The number of halogens is 1. The number of ether oxygens (including phenoxy) is 1. The van der Waals surface area contributed by atoms with Crippen molar-refractivity contribution >= 4 is 45.4 Å². The maximum absolute atomic E-state index is 12.2. The molecule has 0 aromatic carbocycles. The third-order valence-electron chi connectivity index (χ3n) is 7.48. The Balaban J connectivity index is 1.47. The Morgan fingerprint density at radius 1 is 1.16 bits per heavy atom. The molecule has 1 heterocycles. The van der Waals surface area contributed by atoms with E-state index in [9.17, 15) is 4.79 Å². The van der Waals surface area contributed by atoms with E-state index in [2.05, 4.69) is 39.5 Å². The normalized spacial score (nSPS) is 67.5. The zero-order valence-corrected chi connectivity index (χ0v) is 13.8. The van der Waals surface area contributed by atoms with Gasteiger partial charge in [-0.25, -0.2) is 0 Å². The summed E-state index contributed by atoms with van der Waals surface area (Å²) >= 11 is 8.64. The number of hydrogen-bond acceptors (Lipinski definition) is 4. The van der Waals surface area contributed by atoms with Gasteiger partial charge in [-0.2, -0.15) is 0 Å². The molecule has 6 aliphatic carbocycles. The lowest BCUT2D eigenvalue weighted by Gasteiger charge is -3.00. The molecule has 5 heteroatoms. The minimum Gasteiger partial charge on any atom is -0.469 e. The third-order valence-corrected chi connectivity index (χ3v) is 13.5. The third kappa shape index (κ3) is 0.705. The molecule has 7 rings (SSSR count). The Bertz CT molecular complexity index is 524. The van der Waals surface area contributed by atoms with E-state index in [1.165, 1.54) is 17.9 Å². The van der Waals surface area contributed by atoms with Crippen molar-refractivity contribution in [3.8, 4) is 0 Å². The Labute approximate surface area is 129 Å². The number of alkyl halides is 1. The van der Waals surface area contributed by atoms with E-state index in [0.29, 0.717) is 26.2 Å². The van der Waals surface area contributed by atoms with Gasteiger partial charge in [0.15, 0.2) is 0 Å². The first-order valence-corrected chi connectivity index (χ1v) is 9.96. The van der Waals surface area contributed by atoms with Crippen LogP contribution in [0.1, 0.15) is 6.42 Å². The summed E-state index contributed by atoms with van der Waals surface area (Å²) in [5.41, 5.74) is 0.00156. The highest BCUT2D eigenvalue weighted by atomic mass is 79.9. The monoisotopic (exact) mass is 358 g/mol. The van der Waals surface area contributed by atoms with E-state index in [4.69, 9.17) is 4.74 Å². The van der Waals surface area contributed by atoms with Crippen molar-refractivity contribution in [1.82, 2.24) is 0 Å². The topological polar surface area (TPSA) is 26.3 Å². The smallest absolute Gasteiger partial charge is 0.312 e. The second-order valence-electron chi connectivity index (χ2n) is 7.14. The number of thioether (sulfide) groups is 2. The molecule has 1 spiro atoms. The largest absolute Gasteiger partial charge is 0.469 e. The van der Waals surface area contributed by atoms with Crippen LogP contribution in [0, 0.1) is 40.9 Å². The molecule has 2 bridgehead atoms. The van der Waals surface area contributed by atoms with Crippen LogP contribution in [0.4, 0.5) is 0 Å². The highest BCUT2D eigenvalue weighted by Crippen LogP contribution is 3.02. The molecule has 0 aromatic heterocycles. The predicted octanol–water partition coefficient (Wildman–Crippen LogP) is 2.61. The van der Waals surface area contributed by atoms with Crippen LogP contribution in [0.2, 0.25) is 0 Å². The van der Waals surface area contributed by atoms with Crippen molar-refractivity contribution in [2.45, 2.75) is 14.8 Å². The maximum atomic E-state index is 12.2. The van der Waals surface area contributed by atoms with E-state index >= 15 is 0 Å². The summed E-state index contributed by atoms with van der Waals surface area (Å²) < 4.78 is 5.94.